The zero-order valence-corrected chi connectivity index (χ0v) is 26.1. The van der Waals surface area contributed by atoms with Crippen LogP contribution < -0.4 is 0 Å². The van der Waals surface area contributed by atoms with Crippen LogP contribution in [0.15, 0.2) is 146 Å². The largest absolute Gasteiger partial charge is 0.309 e. The van der Waals surface area contributed by atoms with Gasteiger partial charge in [0.2, 0.25) is 5.95 Å². The standard InChI is InChI=1S/C43H30N4/c1-43(2)33-22-12-9-20-31(33)40-38(43)39(27-15-5-3-6-16-27)44-42(45-40)47-34-23-13-10-19-29(34)30-25-26-36-37(41(30)47)32-21-11-14-24-35(32)46(36)28-17-7-4-8-18-28/h3-26H,1-2H3. The highest BCUT2D eigenvalue weighted by Gasteiger charge is 2.40. The van der Waals surface area contributed by atoms with Crippen LogP contribution in [0.1, 0.15) is 25.0 Å². The number of hydrogen-bond acceptors (Lipinski definition) is 2. The molecule has 0 fully saturated rings. The third-order valence-corrected chi connectivity index (χ3v) is 10.1. The summed E-state index contributed by atoms with van der Waals surface area (Å²) in [5.41, 5.74) is 12.2. The molecule has 0 bridgehead atoms. The molecule has 0 spiro atoms. The Kier molecular flexibility index (Phi) is 5.31. The first-order chi connectivity index (χ1) is 23.1. The molecule has 4 heteroatoms. The Labute approximate surface area is 272 Å². The van der Waals surface area contributed by atoms with Gasteiger partial charge in [0.1, 0.15) is 0 Å². The van der Waals surface area contributed by atoms with E-state index in [1.165, 1.54) is 43.8 Å². The molecule has 10 rings (SSSR count). The first-order valence-electron chi connectivity index (χ1n) is 16.2. The molecule has 1 aliphatic carbocycles. The number of rotatable bonds is 3. The summed E-state index contributed by atoms with van der Waals surface area (Å²) in [7, 11) is 0. The van der Waals surface area contributed by atoms with Crippen LogP contribution >= 0.6 is 0 Å². The molecule has 4 nitrogen and oxygen atoms in total. The van der Waals surface area contributed by atoms with Crippen LogP contribution in [0, 0.1) is 0 Å². The molecule has 3 aromatic heterocycles. The van der Waals surface area contributed by atoms with Crippen molar-refractivity contribution in [1.29, 1.82) is 0 Å². The van der Waals surface area contributed by atoms with Crippen LogP contribution in [0.3, 0.4) is 0 Å². The molecular weight excluding hydrogens is 573 g/mol. The molecular formula is C43H30N4. The molecule has 0 saturated heterocycles. The number of nitrogens with zero attached hydrogens (tertiary/aromatic N) is 4. The normalized spacial score (nSPS) is 13.5. The lowest BCUT2D eigenvalue weighted by Gasteiger charge is -2.24. The predicted octanol–water partition coefficient (Wildman–Crippen LogP) is 10.6. The van der Waals surface area contributed by atoms with Gasteiger partial charge in [-0.05, 0) is 35.9 Å². The van der Waals surface area contributed by atoms with Crippen molar-refractivity contribution in [3.63, 3.8) is 0 Å². The van der Waals surface area contributed by atoms with Gasteiger partial charge < -0.3 is 4.57 Å². The van der Waals surface area contributed by atoms with Crippen LogP contribution in [-0.2, 0) is 5.41 Å². The Morgan fingerprint density at radius 1 is 0.489 bits per heavy atom. The van der Waals surface area contributed by atoms with Gasteiger partial charge in [-0.3, -0.25) is 4.57 Å². The van der Waals surface area contributed by atoms with E-state index in [-0.39, 0.29) is 5.41 Å². The number of benzene rings is 6. The number of hydrogen-bond donors (Lipinski definition) is 0. The van der Waals surface area contributed by atoms with E-state index in [9.17, 15) is 0 Å². The van der Waals surface area contributed by atoms with E-state index in [0.29, 0.717) is 5.95 Å². The zero-order chi connectivity index (χ0) is 31.3. The quantitative estimate of drug-likeness (QED) is 0.202. The topological polar surface area (TPSA) is 35.6 Å². The number of aromatic nitrogens is 4. The Hall–Kier alpha value is -6.00. The molecule has 0 N–H and O–H groups in total. The van der Waals surface area contributed by atoms with Crippen LogP contribution in [0.25, 0.3) is 77.8 Å². The highest BCUT2D eigenvalue weighted by Crippen LogP contribution is 2.51. The molecule has 47 heavy (non-hydrogen) atoms. The molecule has 6 aromatic carbocycles. The summed E-state index contributed by atoms with van der Waals surface area (Å²) in [5, 5.41) is 4.78. The van der Waals surface area contributed by atoms with Crippen molar-refractivity contribution >= 4 is 43.6 Å². The predicted molar refractivity (Wildman–Crippen MR) is 194 cm³/mol. The Bertz CT molecular complexity index is 2700. The van der Waals surface area contributed by atoms with E-state index < -0.39 is 0 Å². The molecule has 0 aliphatic heterocycles. The van der Waals surface area contributed by atoms with Gasteiger partial charge in [0, 0.05) is 49.3 Å². The van der Waals surface area contributed by atoms with Gasteiger partial charge >= 0.3 is 0 Å². The van der Waals surface area contributed by atoms with E-state index in [2.05, 4.69) is 169 Å². The van der Waals surface area contributed by atoms with Gasteiger partial charge in [0.25, 0.3) is 0 Å². The molecule has 0 saturated carbocycles. The molecule has 222 valence electrons. The van der Waals surface area contributed by atoms with Crippen molar-refractivity contribution in [3.05, 3.63) is 157 Å². The maximum Gasteiger partial charge on any atom is 0.235 e. The highest BCUT2D eigenvalue weighted by atomic mass is 15.2. The van der Waals surface area contributed by atoms with Crippen molar-refractivity contribution in [2.75, 3.05) is 0 Å². The summed E-state index contributed by atoms with van der Waals surface area (Å²) in [6.07, 6.45) is 0. The number of fused-ring (bicyclic) bond motifs is 10. The second-order valence-corrected chi connectivity index (χ2v) is 13.0. The molecule has 0 amide bonds. The van der Waals surface area contributed by atoms with Gasteiger partial charge in [-0.2, -0.15) is 0 Å². The Balaban J connectivity index is 1.40. The minimum absolute atomic E-state index is 0.243. The lowest BCUT2D eigenvalue weighted by Crippen LogP contribution is -2.18. The maximum absolute atomic E-state index is 5.53. The smallest absolute Gasteiger partial charge is 0.235 e. The fourth-order valence-corrected chi connectivity index (χ4v) is 8.08. The van der Waals surface area contributed by atoms with Crippen molar-refractivity contribution in [2.45, 2.75) is 19.3 Å². The molecule has 0 atom stereocenters. The van der Waals surface area contributed by atoms with Gasteiger partial charge in [0.15, 0.2) is 0 Å². The summed E-state index contributed by atoms with van der Waals surface area (Å²) >= 11 is 0. The van der Waals surface area contributed by atoms with Gasteiger partial charge in [-0.15, -0.1) is 0 Å². The molecule has 0 unspecified atom stereocenters. The second kappa shape index (κ2) is 9.51. The average Bonchev–Trinajstić information content (AvgIpc) is 3.72. The first kappa shape index (κ1) is 26.2. The lowest BCUT2D eigenvalue weighted by molar-refractivity contribution is 0.657. The second-order valence-electron chi connectivity index (χ2n) is 13.0. The third kappa shape index (κ3) is 3.53. The van der Waals surface area contributed by atoms with Crippen molar-refractivity contribution < 1.29 is 0 Å². The Morgan fingerprint density at radius 2 is 1.11 bits per heavy atom. The average molecular weight is 603 g/mol. The summed E-state index contributed by atoms with van der Waals surface area (Å²) in [6.45, 7) is 4.60. The van der Waals surface area contributed by atoms with Crippen molar-refractivity contribution in [3.8, 4) is 34.2 Å². The van der Waals surface area contributed by atoms with Crippen LogP contribution in [0.5, 0.6) is 0 Å². The van der Waals surface area contributed by atoms with Crippen molar-refractivity contribution in [1.82, 2.24) is 19.1 Å². The fourth-order valence-electron chi connectivity index (χ4n) is 8.08. The van der Waals surface area contributed by atoms with E-state index >= 15 is 0 Å². The van der Waals surface area contributed by atoms with E-state index in [1.807, 2.05) is 0 Å². The third-order valence-electron chi connectivity index (χ3n) is 10.1. The van der Waals surface area contributed by atoms with E-state index in [1.54, 1.807) is 0 Å². The molecule has 1 aliphatic rings. The van der Waals surface area contributed by atoms with E-state index in [0.717, 1.165) is 39.2 Å². The minimum atomic E-state index is -0.243. The van der Waals surface area contributed by atoms with Gasteiger partial charge in [-0.25, -0.2) is 9.97 Å². The van der Waals surface area contributed by atoms with Crippen LogP contribution in [0.2, 0.25) is 0 Å². The number of para-hydroxylation sites is 3. The minimum Gasteiger partial charge on any atom is -0.309 e. The Morgan fingerprint density at radius 3 is 1.89 bits per heavy atom. The SMILES string of the molecule is CC1(C)c2ccccc2-c2nc(-n3c4ccccc4c4ccc5c(c6ccccc6n5-c5ccccc5)c43)nc(-c3ccccc3)c21. The highest BCUT2D eigenvalue weighted by molar-refractivity contribution is 6.26. The maximum atomic E-state index is 5.53. The molecule has 9 aromatic rings. The summed E-state index contributed by atoms with van der Waals surface area (Å²) in [5.74, 6) is 0.686. The van der Waals surface area contributed by atoms with Gasteiger partial charge in [0.05, 0.1) is 33.5 Å². The summed E-state index contributed by atoms with van der Waals surface area (Å²) in [6, 6.07) is 51.9. The lowest BCUT2D eigenvalue weighted by atomic mass is 9.81. The van der Waals surface area contributed by atoms with Crippen LogP contribution in [-0.4, -0.2) is 19.1 Å². The molecule has 3 heterocycles. The summed E-state index contributed by atoms with van der Waals surface area (Å²) < 4.78 is 4.69. The van der Waals surface area contributed by atoms with Crippen molar-refractivity contribution in [2.24, 2.45) is 0 Å². The van der Waals surface area contributed by atoms with Crippen LogP contribution in [0.4, 0.5) is 0 Å². The fraction of sp³-hybridized carbons (Fsp3) is 0.0698. The van der Waals surface area contributed by atoms with Gasteiger partial charge in [-0.1, -0.05) is 129 Å². The first-order valence-corrected chi connectivity index (χ1v) is 16.2. The monoisotopic (exact) mass is 602 g/mol. The summed E-state index contributed by atoms with van der Waals surface area (Å²) in [4.78, 5) is 11.0. The zero-order valence-electron chi connectivity index (χ0n) is 26.1. The van der Waals surface area contributed by atoms with E-state index in [4.69, 9.17) is 9.97 Å². The molecule has 0 radical (unpaired) electrons.